The van der Waals surface area contributed by atoms with Crippen LogP contribution in [0, 0.1) is 5.92 Å². The molecule has 0 N–H and O–H groups in total. The molecular weight excluding hydrogens is 326 g/mol. The van der Waals surface area contributed by atoms with Gasteiger partial charge in [-0.1, -0.05) is 19.3 Å². The van der Waals surface area contributed by atoms with Gasteiger partial charge in [0.15, 0.2) is 5.78 Å². The van der Waals surface area contributed by atoms with E-state index in [4.69, 9.17) is 9.47 Å². The fraction of sp³-hybridized carbons (Fsp3) is 0.455. The molecule has 136 valence electrons. The van der Waals surface area contributed by atoms with Crippen molar-refractivity contribution in [1.29, 1.82) is 0 Å². The Morgan fingerprint density at radius 1 is 1.12 bits per heavy atom. The third kappa shape index (κ3) is 3.20. The molecule has 0 bridgehead atoms. The second-order valence-electron chi connectivity index (χ2n) is 7.46. The quantitative estimate of drug-likeness (QED) is 0.784. The molecule has 26 heavy (non-hydrogen) atoms. The van der Waals surface area contributed by atoms with E-state index >= 15 is 0 Å². The van der Waals surface area contributed by atoms with Crippen molar-refractivity contribution in [3.05, 3.63) is 53.9 Å². The predicted octanol–water partition coefficient (Wildman–Crippen LogP) is 4.92. The summed E-state index contributed by atoms with van der Waals surface area (Å²) in [5.74, 6) is 1.99. The van der Waals surface area contributed by atoms with Crippen LogP contribution in [0.3, 0.4) is 0 Å². The number of ether oxygens (including phenoxy) is 2. The molecule has 1 atom stereocenters. The second kappa shape index (κ2) is 7.10. The molecule has 4 heteroatoms. The highest BCUT2D eigenvalue weighted by Gasteiger charge is 2.39. The molecule has 0 spiro atoms. The Morgan fingerprint density at radius 2 is 1.88 bits per heavy atom. The lowest BCUT2D eigenvalue weighted by Gasteiger charge is -2.40. The first-order valence-electron chi connectivity index (χ1n) is 9.56. The maximum atomic E-state index is 12.0. The normalized spacial score (nSPS) is 20.0. The van der Waals surface area contributed by atoms with E-state index in [0.717, 1.165) is 11.3 Å². The van der Waals surface area contributed by atoms with E-state index in [1.54, 1.807) is 0 Å². The fourth-order valence-electron chi connectivity index (χ4n) is 4.26. The molecule has 2 heterocycles. The maximum Gasteiger partial charge on any atom is 0.169 e. The number of carbonyl (C=O) groups is 1. The molecule has 1 aliphatic heterocycles. The van der Waals surface area contributed by atoms with Crippen molar-refractivity contribution >= 4 is 5.78 Å². The van der Waals surface area contributed by atoms with E-state index < -0.39 is 5.60 Å². The highest BCUT2D eigenvalue weighted by molar-refractivity contribution is 5.99. The Hall–Kier alpha value is -2.36. The van der Waals surface area contributed by atoms with Crippen LogP contribution in [0.2, 0.25) is 0 Å². The molecule has 1 aromatic heterocycles. The standard InChI is InChI=1S/C22H25NO3/c1-22(16-5-3-2-4-6-16,17-9-12-23-13-10-17)26-18-7-8-19-20(24)11-14-25-21(19)15-18/h7-10,12-13,15-16H,2-6,11,14H2,1H3/t22-/m0/s1. The minimum absolute atomic E-state index is 0.141. The molecule has 4 rings (SSSR count). The van der Waals surface area contributed by atoms with Gasteiger partial charge in [0.05, 0.1) is 12.2 Å². The van der Waals surface area contributed by atoms with Gasteiger partial charge in [-0.05, 0) is 49.6 Å². The summed E-state index contributed by atoms with van der Waals surface area (Å²) in [6, 6.07) is 9.70. The third-order valence-electron chi connectivity index (χ3n) is 5.81. The number of aromatic nitrogens is 1. The van der Waals surface area contributed by atoms with Crippen LogP contribution in [0.15, 0.2) is 42.7 Å². The van der Waals surface area contributed by atoms with Gasteiger partial charge in [-0.25, -0.2) is 0 Å². The van der Waals surface area contributed by atoms with Gasteiger partial charge in [0.2, 0.25) is 0 Å². The van der Waals surface area contributed by atoms with Gasteiger partial charge in [-0.2, -0.15) is 0 Å². The van der Waals surface area contributed by atoms with Gasteiger partial charge < -0.3 is 9.47 Å². The molecule has 2 aliphatic rings. The van der Waals surface area contributed by atoms with Crippen LogP contribution < -0.4 is 9.47 Å². The van der Waals surface area contributed by atoms with Crippen molar-refractivity contribution in [1.82, 2.24) is 4.98 Å². The summed E-state index contributed by atoms with van der Waals surface area (Å²) >= 11 is 0. The van der Waals surface area contributed by atoms with E-state index in [-0.39, 0.29) is 5.78 Å². The van der Waals surface area contributed by atoms with Gasteiger partial charge in [-0.15, -0.1) is 0 Å². The van der Waals surface area contributed by atoms with Crippen molar-refractivity contribution in [2.45, 2.75) is 51.0 Å². The lowest BCUT2D eigenvalue weighted by Crippen LogP contribution is -2.39. The van der Waals surface area contributed by atoms with Gasteiger partial charge in [0, 0.05) is 30.8 Å². The summed E-state index contributed by atoms with van der Waals surface area (Å²) in [5.41, 5.74) is 1.39. The molecule has 4 nitrogen and oxygen atoms in total. The van der Waals surface area contributed by atoms with E-state index in [1.165, 1.54) is 32.1 Å². The van der Waals surface area contributed by atoms with Gasteiger partial charge in [0.1, 0.15) is 17.1 Å². The minimum Gasteiger partial charge on any atom is -0.492 e. The smallest absolute Gasteiger partial charge is 0.169 e. The van der Waals surface area contributed by atoms with Gasteiger partial charge in [0.25, 0.3) is 0 Å². The minimum atomic E-state index is -0.420. The number of rotatable bonds is 4. The first-order chi connectivity index (χ1) is 12.7. The molecular formula is C22H25NO3. The summed E-state index contributed by atoms with van der Waals surface area (Å²) in [5, 5.41) is 0. The third-order valence-corrected chi connectivity index (χ3v) is 5.81. The van der Waals surface area contributed by atoms with Crippen LogP contribution in [-0.4, -0.2) is 17.4 Å². The Labute approximate surface area is 154 Å². The zero-order chi connectivity index (χ0) is 18.0. The monoisotopic (exact) mass is 351 g/mol. The topological polar surface area (TPSA) is 48.4 Å². The molecule has 0 amide bonds. The van der Waals surface area contributed by atoms with Gasteiger partial charge in [-0.3, -0.25) is 9.78 Å². The number of hydrogen-bond donors (Lipinski definition) is 0. The van der Waals surface area contributed by atoms with Gasteiger partial charge >= 0.3 is 0 Å². The zero-order valence-electron chi connectivity index (χ0n) is 15.2. The Kier molecular flexibility index (Phi) is 4.66. The first-order valence-corrected chi connectivity index (χ1v) is 9.56. The highest BCUT2D eigenvalue weighted by Crippen LogP contribution is 2.43. The molecule has 1 aromatic carbocycles. The predicted molar refractivity (Wildman–Crippen MR) is 99.7 cm³/mol. The van der Waals surface area contributed by atoms with Crippen LogP contribution in [0.5, 0.6) is 11.5 Å². The average molecular weight is 351 g/mol. The number of hydrogen-bond acceptors (Lipinski definition) is 4. The van der Waals surface area contributed by atoms with Crippen LogP contribution in [0.1, 0.15) is 61.4 Å². The number of benzene rings is 1. The Balaban J connectivity index is 1.68. The number of fused-ring (bicyclic) bond motifs is 1. The van der Waals surface area contributed by atoms with Crippen LogP contribution in [0.25, 0.3) is 0 Å². The lowest BCUT2D eigenvalue weighted by atomic mass is 9.74. The summed E-state index contributed by atoms with van der Waals surface area (Å²) in [6.45, 7) is 2.63. The van der Waals surface area contributed by atoms with Crippen LogP contribution >= 0.6 is 0 Å². The molecule has 1 fully saturated rings. The van der Waals surface area contributed by atoms with Crippen LogP contribution in [0.4, 0.5) is 0 Å². The largest absolute Gasteiger partial charge is 0.492 e. The Morgan fingerprint density at radius 3 is 2.65 bits per heavy atom. The van der Waals surface area contributed by atoms with Crippen LogP contribution in [-0.2, 0) is 5.60 Å². The lowest BCUT2D eigenvalue weighted by molar-refractivity contribution is 0.00345. The Bertz CT molecular complexity index is 783. The average Bonchev–Trinajstić information content (AvgIpc) is 2.69. The molecule has 0 radical (unpaired) electrons. The number of Topliss-reactive ketones (excluding diaryl/α,β-unsaturated/α-hetero) is 1. The summed E-state index contributed by atoms with van der Waals surface area (Å²) < 4.78 is 12.3. The van der Waals surface area contributed by atoms with Crippen molar-refractivity contribution in [3.63, 3.8) is 0 Å². The fourth-order valence-corrected chi connectivity index (χ4v) is 4.26. The van der Waals surface area contributed by atoms with E-state index in [9.17, 15) is 4.79 Å². The highest BCUT2D eigenvalue weighted by atomic mass is 16.5. The number of pyridine rings is 1. The molecule has 0 saturated heterocycles. The van der Waals surface area contributed by atoms with Crippen molar-refractivity contribution in [3.8, 4) is 11.5 Å². The summed E-state index contributed by atoms with van der Waals surface area (Å²) in [7, 11) is 0. The van der Waals surface area contributed by atoms with Crippen molar-refractivity contribution in [2.75, 3.05) is 6.61 Å². The number of ketones is 1. The summed E-state index contributed by atoms with van der Waals surface area (Å²) in [4.78, 5) is 16.2. The number of nitrogens with zero attached hydrogens (tertiary/aromatic N) is 1. The molecule has 2 aromatic rings. The van der Waals surface area contributed by atoms with Crippen molar-refractivity contribution in [2.24, 2.45) is 5.92 Å². The molecule has 1 aliphatic carbocycles. The van der Waals surface area contributed by atoms with Crippen molar-refractivity contribution < 1.29 is 14.3 Å². The van der Waals surface area contributed by atoms with E-state index in [0.29, 0.717) is 30.3 Å². The maximum absolute atomic E-state index is 12.0. The second-order valence-corrected chi connectivity index (χ2v) is 7.46. The molecule has 1 saturated carbocycles. The van der Waals surface area contributed by atoms with E-state index in [1.807, 2.05) is 42.7 Å². The molecule has 0 unspecified atom stereocenters. The zero-order valence-corrected chi connectivity index (χ0v) is 15.2. The number of carbonyl (C=O) groups excluding carboxylic acids is 1. The van der Waals surface area contributed by atoms with E-state index in [2.05, 4.69) is 11.9 Å². The SMILES string of the molecule is C[C@@](Oc1ccc2c(c1)OCCC2=O)(c1ccncc1)C1CCCCC1. The summed E-state index contributed by atoms with van der Waals surface area (Å²) in [6.07, 6.45) is 10.2. The first kappa shape index (κ1) is 17.1.